The Balaban J connectivity index is 2.00. The topological polar surface area (TPSA) is 29.1 Å². The minimum absolute atomic E-state index is 0.224. The average molecular weight is 221 g/mol. The van der Waals surface area contributed by atoms with Gasteiger partial charge in [0.15, 0.2) is 0 Å². The van der Waals surface area contributed by atoms with E-state index in [0.717, 1.165) is 19.3 Å². The van der Waals surface area contributed by atoms with Crippen LogP contribution in [0.4, 0.5) is 0 Å². The molecule has 0 aromatic heterocycles. The Morgan fingerprint density at radius 2 is 2.00 bits per heavy atom. The molecule has 0 aromatic carbocycles. The molecule has 2 heteroatoms. The Labute approximate surface area is 98.8 Å². The standard InChI is InChI=1S/C14H23NO/c1-11(2)8-6-4-5-7-9-15-14(16)13-10-12(13)3/h5,7-8,12-13H,4,6,9-10H2,1-3H3,(H,15,16). The Kier molecular flexibility index (Phi) is 5.30. The van der Waals surface area contributed by atoms with Gasteiger partial charge in [-0.1, -0.05) is 30.7 Å². The molecular formula is C14H23NO. The third-order valence-corrected chi connectivity index (χ3v) is 2.89. The first kappa shape index (κ1) is 13.0. The van der Waals surface area contributed by atoms with E-state index in [0.29, 0.717) is 18.4 Å². The third-order valence-electron chi connectivity index (χ3n) is 2.89. The Morgan fingerprint density at radius 1 is 1.31 bits per heavy atom. The summed E-state index contributed by atoms with van der Waals surface area (Å²) in [4.78, 5) is 11.4. The predicted octanol–water partition coefficient (Wildman–Crippen LogP) is 3.06. The highest BCUT2D eigenvalue weighted by Gasteiger charge is 2.38. The number of amides is 1. The molecule has 16 heavy (non-hydrogen) atoms. The summed E-state index contributed by atoms with van der Waals surface area (Å²) in [6.07, 6.45) is 9.62. The lowest BCUT2D eigenvalue weighted by atomic mass is 10.2. The number of nitrogens with one attached hydrogen (secondary N) is 1. The van der Waals surface area contributed by atoms with Crippen molar-refractivity contribution >= 4 is 5.91 Å². The molecule has 0 bridgehead atoms. The van der Waals surface area contributed by atoms with Gasteiger partial charge in [0, 0.05) is 12.5 Å². The minimum atomic E-state index is 0.224. The first-order chi connectivity index (χ1) is 7.61. The molecule has 1 aliphatic rings. The van der Waals surface area contributed by atoms with E-state index in [2.05, 4.69) is 38.2 Å². The average Bonchev–Trinajstić information content (AvgIpc) is 2.93. The van der Waals surface area contributed by atoms with Crippen LogP contribution in [0.15, 0.2) is 23.8 Å². The van der Waals surface area contributed by atoms with Crippen molar-refractivity contribution < 1.29 is 4.79 Å². The zero-order valence-electron chi connectivity index (χ0n) is 10.6. The molecule has 0 radical (unpaired) electrons. The molecule has 1 fully saturated rings. The first-order valence-electron chi connectivity index (χ1n) is 6.17. The molecule has 1 amide bonds. The molecule has 1 aliphatic carbocycles. The molecule has 2 atom stereocenters. The fourth-order valence-electron chi connectivity index (χ4n) is 1.65. The highest BCUT2D eigenvalue weighted by atomic mass is 16.2. The van der Waals surface area contributed by atoms with Crippen molar-refractivity contribution in [1.82, 2.24) is 5.32 Å². The number of hydrogen-bond donors (Lipinski definition) is 1. The number of unbranched alkanes of at least 4 members (excludes halogenated alkanes) is 1. The zero-order valence-corrected chi connectivity index (χ0v) is 10.6. The number of hydrogen-bond acceptors (Lipinski definition) is 1. The fourth-order valence-corrected chi connectivity index (χ4v) is 1.65. The van der Waals surface area contributed by atoms with Gasteiger partial charge >= 0.3 is 0 Å². The monoisotopic (exact) mass is 221 g/mol. The normalized spacial score (nSPS) is 23.2. The fraction of sp³-hybridized carbons (Fsp3) is 0.643. The minimum Gasteiger partial charge on any atom is -0.352 e. The second kappa shape index (κ2) is 6.51. The van der Waals surface area contributed by atoms with Crippen LogP contribution in [-0.2, 0) is 4.79 Å². The second-order valence-electron chi connectivity index (χ2n) is 4.89. The quantitative estimate of drug-likeness (QED) is 0.542. The van der Waals surface area contributed by atoms with E-state index in [4.69, 9.17) is 0 Å². The largest absolute Gasteiger partial charge is 0.352 e. The molecule has 0 spiro atoms. The maximum atomic E-state index is 11.4. The van der Waals surface area contributed by atoms with Gasteiger partial charge < -0.3 is 5.32 Å². The molecule has 1 rings (SSSR count). The molecule has 1 N–H and O–H groups in total. The van der Waals surface area contributed by atoms with Gasteiger partial charge in [0.05, 0.1) is 0 Å². The van der Waals surface area contributed by atoms with Gasteiger partial charge in [0.1, 0.15) is 0 Å². The van der Waals surface area contributed by atoms with Crippen LogP contribution in [0.3, 0.4) is 0 Å². The highest BCUT2D eigenvalue weighted by molar-refractivity contribution is 5.81. The zero-order chi connectivity index (χ0) is 12.0. The molecule has 2 unspecified atom stereocenters. The summed E-state index contributed by atoms with van der Waals surface area (Å²) >= 11 is 0. The van der Waals surface area contributed by atoms with Crippen molar-refractivity contribution in [3.63, 3.8) is 0 Å². The van der Waals surface area contributed by atoms with Crippen LogP contribution in [0, 0.1) is 11.8 Å². The maximum absolute atomic E-state index is 11.4. The smallest absolute Gasteiger partial charge is 0.223 e. The van der Waals surface area contributed by atoms with E-state index in [1.807, 2.05) is 6.08 Å². The van der Waals surface area contributed by atoms with Crippen molar-refractivity contribution in [3.05, 3.63) is 23.8 Å². The van der Waals surface area contributed by atoms with Crippen molar-refractivity contribution in [2.24, 2.45) is 11.8 Å². The van der Waals surface area contributed by atoms with Gasteiger partial charge in [-0.15, -0.1) is 0 Å². The van der Waals surface area contributed by atoms with Crippen LogP contribution >= 0.6 is 0 Å². The van der Waals surface area contributed by atoms with Crippen molar-refractivity contribution in [2.75, 3.05) is 6.54 Å². The third kappa shape index (κ3) is 5.15. The van der Waals surface area contributed by atoms with Crippen LogP contribution in [0.25, 0.3) is 0 Å². The summed E-state index contributed by atoms with van der Waals surface area (Å²) in [5, 5.41) is 2.93. The van der Waals surface area contributed by atoms with Crippen molar-refractivity contribution in [3.8, 4) is 0 Å². The number of carbonyl (C=O) groups is 1. The first-order valence-corrected chi connectivity index (χ1v) is 6.17. The van der Waals surface area contributed by atoms with Crippen LogP contribution < -0.4 is 5.32 Å². The van der Waals surface area contributed by atoms with Crippen molar-refractivity contribution in [1.29, 1.82) is 0 Å². The van der Waals surface area contributed by atoms with Crippen LogP contribution in [0.5, 0.6) is 0 Å². The summed E-state index contributed by atoms with van der Waals surface area (Å²) in [7, 11) is 0. The van der Waals surface area contributed by atoms with E-state index >= 15 is 0 Å². The van der Waals surface area contributed by atoms with Gasteiger partial charge in [-0.05, 0) is 39.0 Å². The van der Waals surface area contributed by atoms with Crippen LogP contribution in [-0.4, -0.2) is 12.5 Å². The SMILES string of the molecule is CC(C)=CCCC=CCNC(=O)C1CC1C. The van der Waals surface area contributed by atoms with Crippen LogP contribution in [0.1, 0.15) is 40.0 Å². The van der Waals surface area contributed by atoms with E-state index < -0.39 is 0 Å². The number of carbonyl (C=O) groups excluding carboxylic acids is 1. The van der Waals surface area contributed by atoms with Crippen molar-refractivity contribution in [2.45, 2.75) is 40.0 Å². The Hall–Kier alpha value is -1.05. The summed E-state index contributed by atoms with van der Waals surface area (Å²) in [5.41, 5.74) is 1.37. The predicted molar refractivity (Wildman–Crippen MR) is 68.1 cm³/mol. The summed E-state index contributed by atoms with van der Waals surface area (Å²) in [5.74, 6) is 1.11. The van der Waals surface area contributed by atoms with E-state index in [1.165, 1.54) is 5.57 Å². The van der Waals surface area contributed by atoms with Gasteiger partial charge in [-0.25, -0.2) is 0 Å². The Morgan fingerprint density at radius 3 is 2.56 bits per heavy atom. The molecule has 1 saturated carbocycles. The van der Waals surface area contributed by atoms with Gasteiger partial charge in [-0.3, -0.25) is 4.79 Å². The molecule has 0 aliphatic heterocycles. The second-order valence-corrected chi connectivity index (χ2v) is 4.89. The Bertz CT molecular complexity index is 287. The van der Waals surface area contributed by atoms with E-state index in [1.54, 1.807) is 0 Å². The van der Waals surface area contributed by atoms with E-state index in [-0.39, 0.29) is 5.91 Å². The highest BCUT2D eigenvalue weighted by Crippen LogP contribution is 2.37. The summed E-state index contributed by atoms with van der Waals surface area (Å²) in [6, 6.07) is 0. The van der Waals surface area contributed by atoms with Crippen LogP contribution in [0.2, 0.25) is 0 Å². The molecule has 0 saturated heterocycles. The molecular weight excluding hydrogens is 198 g/mol. The molecule has 90 valence electrons. The summed E-state index contributed by atoms with van der Waals surface area (Å²) in [6.45, 7) is 7.03. The lowest BCUT2D eigenvalue weighted by molar-refractivity contribution is -0.122. The maximum Gasteiger partial charge on any atom is 0.223 e. The van der Waals surface area contributed by atoms with E-state index in [9.17, 15) is 4.79 Å². The summed E-state index contributed by atoms with van der Waals surface area (Å²) < 4.78 is 0. The number of allylic oxidation sites excluding steroid dienone is 3. The molecule has 0 aromatic rings. The van der Waals surface area contributed by atoms with Gasteiger partial charge in [-0.2, -0.15) is 0 Å². The lowest BCUT2D eigenvalue weighted by Crippen LogP contribution is -2.25. The molecule has 0 heterocycles. The lowest BCUT2D eigenvalue weighted by Gasteiger charge is -1.99. The number of rotatable bonds is 6. The molecule has 2 nitrogen and oxygen atoms in total. The van der Waals surface area contributed by atoms with Gasteiger partial charge in [0.25, 0.3) is 0 Å². The van der Waals surface area contributed by atoms with Gasteiger partial charge in [0.2, 0.25) is 5.91 Å².